The van der Waals surface area contributed by atoms with Crippen molar-refractivity contribution in [1.29, 1.82) is 0 Å². The minimum atomic E-state index is -0.729. The second-order valence-electron chi connectivity index (χ2n) is 1.82. The lowest BCUT2D eigenvalue weighted by Crippen LogP contribution is -2.28. The van der Waals surface area contributed by atoms with Gasteiger partial charge in [-0.1, -0.05) is 44.6 Å². The van der Waals surface area contributed by atoms with Crippen LogP contribution in [0.1, 0.15) is 57.4 Å². The van der Waals surface area contributed by atoms with Gasteiger partial charge in [0.15, 0.2) is 0 Å². The maximum atomic E-state index is 9.95. The minimum absolute atomic E-state index is 0. The van der Waals surface area contributed by atoms with E-state index in [1.807, 2.05) is 0 Å². The van der Waals surface area contributed by atoms with Gasteiger partial charge in [-0.3, -0.25) is 11.7 Å². The normalized spacial score (nSPS) is 6.42. The molecule has 0 aromatic heterocycles. The van der Waals surface area contributed by atoms with Gasteiger partial charge in [0, 0.05) is 13.3 Å². The lowest BCUT2D eigenvalue weighted by molar-refractivity contribution is -0.120. The summed E-state index contributed by atoms with van der Waals surface area (Å²) < 4.78 is 0. The molecule has 0 spiro atoms. The molecule has 0 saturated carbocycles. The Kier molecular flexibility index (Phi) is 238. The topological polar surface area (TPSA) is 86.2 Å². The lowest BCUT2D eigenvalue weighted by Gasteiger charge is -1.95. The Morgan fingerprint density at radius 3 is 1.42 bits per heavy atom. The molecule has 0 fully saturated rings. The summed E-state index contributed by atoms with van der Waals surface area (Å²) in [7, 11) is 0. The standard InChI is InChI=1S/C4H8N2O2.C3H6.C2H4.6CH4/c5-3(2-7)1-4(6)8;1-3-2;1-2;;;;;;/h2-3H,1,5H2,(H2,6,8);1-3H2;1-2H2;6*1H4/t3-;;;;;;;;/m1......../s1. The first-order chi connectivity index (χ1) is 6.08. The molecule has 0 unspecified atom stereocenters. The molecule has 1 atom stereocenters. The Balaban J connectivity index is -0.0000000117. The monoisotopic (exact) mass is 282 g/mol. The van der Waals surface area contributed by atoms with Crippen LogP contribution in [0.4, 0.5) is 0 Å². The number of nitrogens with two attached hydrogens (primary N) is 2. The fourth-order valence-electron chi connectivity index (χ4n) is 0.280. The Hall–Kier alpha value is -1.29. The number of rotatable bonds is 3. The van der Waals surface area contributed by atoms with Crippen molar-refractivity contribution in [1.82, 2.24) is 0 Å². The average Bonchev–Trinajstić information content (AvgIpc) is 2.08. The zero-order valence-corrected chi connectivity index (χ0v) is 7.87. The van der Waals surface area contributed by atoms with E-state index in [0.717, 1.165) is 6.42 Å². The van der Waals surface area contributed by atoms with E-state index in [9.17, 15) is 9.59 Å². The van der Waals surface area contributed by atoms with Crippen LogP contribution in [0.2, 0.25) is 0 Å². The van der Waals surface area contributed by atoms with Gasteiger partial charge in [0.1, 0.15) is 6.29 Å². The van der Waals surface area contributed by atoms with Crippen LogP contribution in [0.25, 0.3) is 0 Å². The van der Waals surface area contributed by atoms with Gasteiger partial charge in [-0.2, -0.15) is 0 Å². The summed E-state index contributed by atoms with van der Waals surface area (Å²) in [5.41, 5.74) is 9.70. The van der Waals surface area contributed by atoms with E-state index in [-0.39, 0.29) is 51.0 Å². The van der Waals surface area contributed by atoms with Crippen molar-refractivity contribution >= 4 is 12.2 Å². The van der Waals surface area contributed by atoms with E-state index in [1.54, 1.807) is 0 Å². The molecule has 0 rings (SSSR count). The van der Waals surface area contributed by atoms with Gasteiger partial charge in [0.25, 0.3) is 0 Å². The van der Waals surface area contributed by atoms with Gasteiger partial charge in [0.05, 0.1) is 6.04 Å². The van der Waals surface area contributed by atoms with Gasteiger partial charge >= 0.3 is 0 Å². The van der Waals surface area contributed by atoms with Crippen molar-refractivity contribution in [2.75, 3.05) is 0 Å². The number of amides is 1. The van der Waals surface area contributed by atoms with Gasteiger partial charge in [-0.15, -0.1) is 13.2 Å². The molecule has 0 aliphatic carbocycles. The molecule has 0 aliphatic rings. The Labute approximate surface area is 124 Å². The fraction of sp³-hybridized carbons (Fsp3) is 0.600. The fourth-order valence-corrected chi connectivity index (χ4v) is 0.280. The second kappa shape index (κ2) is 69.4. The zero-order valence-electron chi connectivity index (χ0n) is 7.87. The molecule has 4 N–H and O–H groups in total. The van der Waals surface area contributed by atoms with Crippen LogP contribution in [0, 0.1) is 13.8 Å². The molecule has 0 heterocycles. The van der Waals surface area contributed by atoms with Crippen molar-refractivity contribution in [2.24, 2.45) is 11.5 Å². The van der Waals surface area contributed by atoms with Crippen LogP contribution < -0.4 is 11.5 Å². The number of primary amides is 1. The molecule has 0 aromatic rings. The van der Waals surface area contributed by atoms with Crippen LogP contribution in [0.3, 0.4) is 0 Å². The van der Waals surface area contributed by atoms with Gasteiger partial charge in [0.2, 0.25) is 5.91 Å². The summed E-state index contributed by atoms with van der Waals surface area (Å²) >= 11 is 0. The summed E-state index contributed by atoms with van der Waals surface area (Å²) in [5.74, 6) is -0.551. The third kappa shape index (κ3) is 163. The Morgan fingerprint density at radius 2 is 1.37 bits per heavy atom. The van der Waals surface area contributed by atoms with Crippen molar-refractivity contribution < 1.29 is 9.59 Å². The third-order valence-electron chi connectivity index (χ3n) is 0.612. The molecule has 4 nitrogen and oxygen atoms in total. The van der Waals surface area contributed by atoms with E-state index in [2.05, 4.69) is 27.0 Å². The summed E-state index contributed by atoms with van der Waals surface area (Å²) in [6, 6.07) is -0.729. The van der Waals surface area contributed by atoms with E-state index >= 15 is 0 Å². The van der Waals surface area contributed by atoms with Crippen molar-refractivity contribution in [3.05, 3.63) is 27.0 Å². The minimum Gasteiger partial charge on any atom is -0.370 e. The lowest BCUT2D eigenvalue weighted by atomic mass is 10.2. The summed E-state index contributed by atoms with van der Waals surface area (Å²) in [6.45, 7) is 12.8. The predicted octanol–water partition coefficient (Wildman–Crippen LogP) is 4.05. The largest absolute Gasteiger partial charge is 0.370 e. The number of hydrogen-bond acceptors (Lipinski definition) is 3. The number of carbonyl (C=O) groups is 2. The van der Waals surface area contributed by atoms with Gasteiger partial charge in [-0.05, 0) is 6.42 Å². The molecule has 4 heteroatoms. The predicted molar refractivity (Wildman–Crippen MR) is 94.8 cm³/mol. The number of hydrogen-bond donors (Lipinski definition) is 2. The van der Waals surface area contributed by atoms with Crippen molar-refractivity contribution in [2.45, 2.75) is 63.4 Å². The molecular formula is C15H42N2O2. The third-order valence-corrected chi connectivity index (χ3v) is 0.612. The van der Waals surface area contributed by atoms with Crippen molar-refractivity contribution in [3.63, 3.8) is 0 Å². The molecule has 1 amide bonds. The molecule has 0 saturated heterocycles. The van der Waals surface area contributed by atoms with Crippen LogP contribution in [-0.2, 0) is 9.59 Å². The molecule has 0 bridgehead atoms. The average molecular weight is 283 g/mol. The first-order valence-electron chi connectivity index (χ1n) is 3.66. The molecule has 19 heavy (non-hydrogen) atoms. The van der Waals surface area contributed by atoms with Crippen LogP contribution in [0.5, 0.6) is 0 Å². The summed E-state index contributed by atoms with van der Waals surface area (Å²) in [4.78, 5) is 19.7. The van der Waals surface area contributed by atoms with E-state index in [1.165, 1.54) is 0 Å². The molecule has 0 aromatic carbocycles. The smallest absolute Gasteiger partial charge is 0.219 e. The second-order valence-corrected chi connectivity index (χ2v) is 1.82. The van der Waals surface area contributed by atoms with Crippen molar-refractivity contribution in [3.8, 4) is 0 Å². The van der Waals surface area contributed by atoms with E-state index < -0.39 is 11.9 Å². The van der Waals surface area contributed by atoms with Gasteiger partial charge < -0.3 is 16.3 Å². The quantitative estimate of drug-likeness (QED) is 0.465. The highest BCUT2D eigenvalue weighted by atomic mass is 16.1. The Morgan fingerprint density at radius 1 is 1.16 bits per heavy atom. The summed E-state index contributed by atoms with van der Waals surface area (Å²) in [6.07, 6.45) is 1.17. The maximum absolute atomic E-state index is 9.95. The SMILES string of the molecule is C.C.C.C.C.C.C=C.NC(=O)C[C@@H](N)C=O.[CH2+]C[CH2-]. The number of aldehydes is 1. The molecule has 0 radical (unpaired) electrons. The molecular weight excluding hydrogens is 240 g/mol. The Bertz CT molecular complexity index is 129. The van der Waals surface area contributed by atoms with Crippen LogP contribution in [0.15, 0.2) is 13.2 Å². The van der Waals surface area contributed by atoms with Crippen LogP contribution in [-0.4, -0.2) is 18.2 Å². The van der Waals surface area contributed by atoms with E-state index in [4.69, 9.17) is 11.5 Å². The first-order valence-corrected chi connectivity index (χ1v) is 3.66. The zero-order chi connectivity index (χ0) is 11.3. The number of carbonyl (C=O) groups excluding carboxylic acids is 2. The highest BCUT2D eigenvalue weighted by molar-refractivity contribution is 5.78. The maximum Gasteiger partial charge on any atom is 0.219 e. The van der Waals surface area contributed by atoms with Gasteiger partial charge in [-0.25, -0.2) is 0 Å². The van der Waals surface area contributed by atoms with E-state index in [0.29, 0.717) is 6.29 Å². The highest BCUT2D eigenvalue weighted by Gasteiger charge is 2.02. The highest BCUT2D eigenvalue weighted by Crippen LogP contribution is 1.78. The summed E-state index contributed by atoms with van der Waals surface area (Å²) in [5, 5.41) is 0. The molecule has 0 aliphatic heterocycles. The van der Waals surface area contributed by atoms with Crippen LogP contribution >= 0.6 is 0 Å². The molecule has 124 valence electrons. The first kappa shape index (κ1) is 65.2.